The molecule has 3 rings (SSSR count). The average Bonchev–Trinajstić information content (AvgIpc) is 3.09. The Balaban J connectivity index is 2.00. The molecule has 0 amide bonds. The highest BCUT2D eigenvalue weighted by molar-refractivity contribution is 7.99. The molecule has 2 aromatic carbocycles. The maximum Gasteiger partial charge on any atom is 0.316 e. The van der Waals surface area contributed by atoms with Gasteiger partial charge in [0.1, 0.15) is 5.75 Å². The molecule has 0 aliphatic carbocycles. The van der Waals surface area contributed by atoms with Crippen molar-refractivity contribution in [2.75, 3.05) is 20.0 Å². The summed E-state index contributed by atoms with van der Waals surface area (Å²) in [6.45, 7) is 0.588. The Labute approximate surface area is 156 Å². The molecule has 0 saturated heterocycles. The van der Waals surface area contributed by atoms with Crippen molar-refractivity contribution in [1.82, 2.24) is 14.8 Å². The molecule has 0 unspecified atom stereocenters. The number of rotatable bonds is 7. The van der Waals surface area contributed by atoms with Crippen molar-refractivity contribution in [2.24, 2.45) is 0 Å². The second-order valence-corrected chi connectivity index (χ2v) is 6.39. The highest BCUT2D eigenvalue weighted by atomic mass is 32.2. The lowest BCUT2D eigenvalue weighted by atomic mass is 10.1. The molecule has 1 heterocycles. The summed E-state index contributed by atoms with van der Waals surface area (Å²) >= 11 is 1.30. The molecule has 0 spiro atoms. The van der Waals surface area contributed by atoms with Crippen LogP contribution in [-0.4, -0.2) is 40.7 Å². The van der Waals surface area contributed by atoms with Crippen molar-refractivity contribution in [3.8, 4) is 17.1 Å². The van der Waals surface area contributed by atoms with Crippen LogP contribution in [0.1, 0.15) is 5.56 Å². The van der Waals surface area contributed by atoms with Crippen LogP contribution < -0.4 is 4.74 Å². The molecule has 0 atom stereocenters. The summed E-state index contributed by atoms with van der Waals surface area (Å²) in [5.74, 6) is 1.29. The number of carbonyl (C=O) groups is 1. The van der Waals surface area contributed by atoms with Gasteiger partial charge in [-0.05, 0) is 17.7 Å². The highest BCUT2D eigenvalue weighted by Crippen LogP contribution is 2.31. The molecule has 0 fully saturated rings. The van der Waals surface area contributed by atoms with Crippen LogP contribution in [0.5, 0.6) is 5.75 Å². The van der Waals surface area contributed by atoms with E-state index in [0.29, 0.717) is 17.5 Å². The number of carbonyl (C=O) groups excluding carboxylic acids is 1. The van der Waals surface area contributed by atoms with Gasteiger partial charge in [-0.2, -0.15) is 0 Å². The largest absolute Gasteiger partial charge is 0.496 e. The van der Waals surface area contributed by atoms with Crippen molar-refractivity contribution in [3.05, 3.63) is 60.2 Å². The Hall–Kier alpha value is -2.80. The van der Waals surface area contributed by atoms with Gasteiger partial charge in [0.2, 0.25) is 0 Å². The standard InChI is InChI=1S/C19H19N3O3S/c1-24-16-11-7-6-10-15(16)18-20-21-19(26-13-17(23)25-2)22(18)12-14-8-4-3-5-9-14/h3-11H,12-13H2,1-2H3. The number of hydrogen-bond donors (Lipinski definition) is 0. The number of ether oxygens (including phenoxy) is 2. The Kier molecular flexibility index (Phi) is 5.91. The Morgan fingerprint density at radius 2 is 1.77 bits per heavy atom. The zero-order chi connectivity index (χ0) is 18.4. The fourth-order valence-corrected chi connectivity index (χ4v) is 3.29. The monoisotopic (exact) mass is 369 g/mol. The van der Waals surface area contributed by atoms with Crippen LogP contribution in [0.25, 0.3) is 11.4 Å². The number of para-hydroxylation sites is 1. The van der Waals surface area contributed by atoms with Crippen LogP contribution in [0.2, 0.25) is 0 Å². The Morgan fingerprint density at radius 1 is 1.04 bits per heavy atom. The van der Waals surface area contributed by atoms with Crippen LogP contribution >= 0.6 is 11.8 Å². The molecule has 0 aliphatic heterocycles. The maximum absolute atomic E-state index is 11.5. The molecule has 7 heteroatoms. The molecule has 134 valence electrons. The quantitative estimate of drug-likeness (QED) is 0.470. The van der Waals surface area contributed by atoms with E-state index in [1.165, 1.54) is 18.9 Å². The first-order valence-corrected chi connectivity index (χ1v) is 9.01. The minimum absolute atomic E-state index is 0.176. The summed E-state index contributed by atoms with van der Waals surface area (Å²) in [6.07, 6.45) is 0. The first kappa shape index (κ1) is 18.0. The summed E-state index contributed by atoms with van der Waals surface area (Å²) < 4.78 is 12.2. The van der Waals surface area contributed by atoms with Gasteiger partial charge in [-0.1, -0.05) is 54.2 Å². The van der Waals surface area contributed by atoms with Crippen molar-refractivity contribution >= 4 is 17.7 Å². The molecule has 0 bridgehead atoms. The smallest absolute Gasteiger partial charge is 0.316 e. The SMILES string of the molecule is COC(=O)CSc1nnc(-c2ccccc2OC)n1Cc1ccccc1. The second-order valence-electron chi connectivity index (χ2n) is 5.44. The van der Waals surface area contributed by atoms with Crippen LogP contribution in [0.15, 0.2) is 59.8 Å². The molecule has 0 saturated carbocycles. The molecule has 0 radical (unpaired) electrons. The summed E-state index contributed by atoms with van der Waals surface area (Å²) in [6, 6.07) is 17.7. The zero-order valence-electron chi connectivity index (χ0n) is 14.6. The van der Waals surface area contributed by atoms with Gasteiger partial charge in [-0.25, -0.2) is 0 Å². The van der Waals surface area contributed by atoms with Crippen molar-refractivity contribution in [1.29, 1.82) is 0 Å². The molecule has 6 nitrogen and oxygen atoms in total. The van der Waals surface area contributed by atoms with Crippen LogP contribution in [0.4, 0.5) is 0 Å². The van der Waals surface area contributed by atoms with E-state index in [-0.39, 0.29) is 11.7 Å². The van der Waals surface area contributed by atoms with E-state index < -0.39 is 0 Å². The van der Waals surface area contributed by atoms with Gasteiger partial charge in [0.05, 0.1) is 32.1 Å². The fourth-order valence-electron chi connectivity index (χ4n) is 2.52. The molecule has 1 aromatic heterocycles. The number of esters is 1. The summed E-state index contributed by atoms with van der Waals surface area (Å²) in [4.78, 5) is 11.5. The Morgan fingerprint density at radius 3 is 2.50 bits per heavy atom. The minimum atomic E-state index is -0.303. The highest BCUT2D eigenvalue weighted by Gasteiger charge is 2.18. The lowest BCUT2D eigenvalue weighted by Gasteiger charge is -2.12. The molecular weight excluding hydrogens is 350 g/mol. The number of thioether (sulfide) groups is 1. The van der Waals surface area contributed by atoms with E-state index in [9.17, 15) is 4.79 Å². The number of aromatic nitrogens is 3. The van der Waals surface area contributed by atoms with E-state index in [2.05, 4.69) is 10.2 Å². The fraction of sp³-hybridized carbons (Fsp3) is 0.211. The molecule has 0 aliphatic rings. The normalized spacial score (nSPS) is 10.5. The number of methoxy groups -OCH3 is 2. The minimum Gasteiger partial charge on any atom is -0.496 e. The zero-order valence-corrected chi connectivity index (χ0v) is 15.4. The number of nitrogens with zero attached hydrogens (tertiary/aromatic N) is 3. The van der Waals surface area contributed by atoms with Gasteiger partial charge >= 0.3 is 5.97 Å². The lowest BCUT2D eigenvalue weighted by molar-refractivity contribution is -0.137. The van der Waals surface area contributed by atoms with E-state index in [0.717, 1.165) is 16.9 Å². The Bertz CT molecular complexity index is 881. The summed E-state index contributed by atoms with van der Waals surface area (Å²) in [5.41, 5.74) is 1.96. The van der Waals surface area contributed by atoms with Crippen LogP contribution in [-0.2, 0) is 16.1 Å². The van der Waals surface area contributed by atoms with Crippen molar-refractivity contribution in [2.45, 2.75) is 11.7 Å². The first-order valence-electron chi connectivity index (χ1n) is 8.03. The first-order chi connectivity index (χ1) is 12.7. The van der Waals surface area contributed by atoms with E-state index >= 15 is 0 Å². The molecular formula is C19H19N3O3S. The van der Waals surface area contributed by atoms with E-state index in [4.69, 9.17) is 9.47 Å². The van der Waals surface area contributed by atoms with Gasteiger partial charge in [-0.15, -0.1) is 10.2 Å². The third-order valence-corrected chi connectivity index (χ3v) is 4.74. The average molecular weight is 369 g/mol. The van der Waals surface area contributed by atoms with Gasteiger partial charge < -0.3 is 9.47 Å². The van der Waals surface area contributed by atoms with Crippen LogP contribution in [0.3, 0.4) is 0 Å². The van der Waals surface area contributed by atoms with Gasteiger partial charge in [0, 0.05) is 0 Å². The predicted octanol–water partition coefficient (Wildman–Crippen LogP) is 3.27. The van der Waals surface area contributed by atoms with Gasteiger partial charge in [0.25, 0.3) is 0 Å². The maximum atomic E-state index is 11.5. The van der Waals surface area contributed by atoms with E-state index in [1.807, 2.05) is 59.2 Å². The van der Waals surface area contributed by atoms with Crippen molar-refractivity contribution < 1.29 is 14.3 Å². The molecule has 26 heavy (non-hydrogen) atoms. The van der Waals surface area contributed by atoms with Gasteiger partial charge in [0.15, 0.2) is 11.0 Å². The number of benzene rings is 2. The van der Waals surface area contributed by atoms with Crippen molar-refractivity contribution in [3.63, 3.8) is 0 Å². The second kappa shape index (κ2) is 8.53. The van der Waals surface area contributed by atoms with Crippen LogP contribution in [0, 0.1) is 0 Å². The third kappa shape index (κ3) is 4.05. The molecule has 3 aromatic rings. The summed E-state index contributed by atoms with van der Waals surface area (Å²) in [5, 5.41) is 9.29. The summed E-state index contributed by atoms with van der Waals surface area (Å²) in [7, 11) is 3.00. The molecule has 0 N–H and O–H groups in total. The van der Waals surface area contributed by atoms with Gasteiger partial charge in [-0.3, -0.25) is 9.36 Å². The topological polar surface area (TPSA) is 66.2 Å². The number of hydrogen-bond acceptors (Lipinski definition) is 6. The van der Waals surface area contributed by atoms with E-state index in [1.54, 1.807) is 7.11 Å². The lowest BCUT2D eigenvalue weighted by Crippen LogP contribution is -2.07. The predicted molar refractivity (Wildman–Crippen MR) is 100 cm³/mol. The third-order valence-electron chi connectivity index (χ3n) is 3.80.